The Morgan fingerprint density at radius 2 is 1.69 bits per heavy atom. The van der Waals surface area contributed by atoms with Gasteiger partial charge < -0.3 is 10.1 Å². The molecule has 6 atom stereocenters. The summed E-state index contributed by atoms with van der Waals surface area (Å²) in [5.41, 5.74) is 0.535. The largest absolute Gasteiger partial charge is 0.462 e. The van der Waals surface area contributed by atoms with Crippen molar-refractivity contribution in [3.8, 4) is 0 Å². The molecule has 1 heterocycles. The van der Waals surface area contributed by atoms with Crippen LogP contribution in [-0.2, 0) is 19.1 Å². The number of amides is 3. The highest BCUT2D eigenvalue weighted by molar-refractivity contribution is 6.10. The molecule has 1 saturated heterocycles. The van der Waals surface area contributed by atoms with E-state index in [2.05, 4.69) is 17.5 Å². The number of hydrogen-bond acceptors (Lipinski definition) is 5. The number of ether oxygens (including phenoxy) is 1. The number of likely N-dealkylation sites (tertiary alicyclic amines) is 1. The topological polar surface area (TPSA) is 92.8 Å². The lowest BCUT2D eigenvalue weighted by molar-refractivity contribution is -0.142. The summed E-state index contributed by atoms with van der Waals surface area (Å²) in [7, 11) is 0. The van der Waals surface area contributed by atoms with Gasteiger partial charge >= 0.3 is 5.97 Å². The SMILES string of the molecule is CCOC(=O)c1ccccc1NC(=O)CN1C(=O)[C@@H]2[C@H]3C=C[C@@H]([C@@H]4C[C@@H]34)[C@H]2C1=O. The number of hydrogen-bond donors (Lipinski definition) is 1. The van der Waals surface area contributed by atoms with Gasteiger partial charge in [0.15, 0.2) is 0 Å². The van der Waals surface area contributed by atoms with Gasteiger partial charge in [-0.1, -0.05) is 24.3 Å². The third kappa shape index (κ3) is 2.71. The second kappa shape index (κ2) is 6.54. The number of esters is 1. The molecule has 6 rings (SSSR count). The Bertz CT molecular complexity index is 918. The van der Waals surface area contributed by atoms with E-state index in [1.165, 1.54) is 0 Å². The molecular formula is C22H22N2O5. The van der Waals surface area contributed by atoms with E-state index < -0.39 is 11.9 Å². The average Bonchev–Trinajstić information content (AvgIpc) is 3.50. The highest BCUT2D eigenvalue weighted by Crippen LogP contribution is 2.65. The summed E-state index contributed by atoms with van der Waals surface area (Å²) in [5.74, 6) is -0.856. The van der Waals surface area contributed by atoms with Gasteiger partial charge in [-0.2, -0.15) is 0 Å². The molecule has 150 valence electrons. The molecule has 5 aliphatic rings. The van der Waals surface area contributed by atoms with E-state index in [1.54, 1.807) is 31.2 Å². The van der Waals surface area contributed by atoms with Gasteiger partial charge in [-0.05, 0) is 49.1 Å². The van der Waals surface area contributed by atoms with Crippen molar-refractivity contribution in [2.24, 2.45) is 35.5 Å². The van der Waals surface area contributed by atoms with Gasteiger partial charge in [0.25, 0.3) is 0 Å². The third-order valence-electron chi connectivity index (χ3n) is 6.75. The number of allylic oxidation sites excluding steroid dienone is 2. The standard InChI is InChI=1S/C22H22N2O5/c1-2-29-22(28)13-5-3-4-6-16(13)23-17(25)10-24-20(26)18-11-7-8-12(15-9-14(11)15)19(18)21(24)27/h3-8,11-12,14-15,18-19H,2,9-10H2,1H3,(H,23,25)/t11-,12-,14-,15-,18+,19+/m0/s1. The van der Waals surface area contributed by atoms with E-state index in [-0.39, 0.29) is 54.2 Å². The number of anilines is 1. The number of nitrogens with zero attached hydrogens (tertiary/aromatic N) is 1. The number of imide groups is 1. The first kappa shape index (κ1) is 18.1. The summed E-state index contributed by atoms with van der Waals surface area (Å²) in [6.07, 6.45) is 5.30. The Balaban J connectivity index is 1.31. The van der Waals surface area contributed by atoms with Crippen molar-refractivity contribution in [3.05, 3.63) is 42.0 Å². The van der Waals surface area contributed by atoms with Gasteiger partial charge in [-0.15, -0.1) is 0 Å². The van der Waals surface area contributed by atoms with Crippen LogP contribution >= 0.6 is 0 Å². The van der Waals surface area contributed by atoms with Crippen LogP contribution in [0.5, 0.6) is 0 Å². The lowest BCUT2D eigenvalue weighted by Crippen LogP contribution is -2.40. The van der Waals surface area contributed by atoms with E-state index in [9.17, 15) is 19.2 Å². The van der Waals surface area contributed by atoms with Crippen LogP contribution in [0.2, 0.25) is 0 Å². The van der Waals surface area contributed by atoms with Gasteiger partial charge in [0.2, 0.25) is 17.7 Å². The normalized spacial score (nSPS) is 33.3. The highest BCUT2D eigenvalue weighted by Gasteiger charge is 2.67. The van der Waals surface area contributed by atoms with Crippen molar-refractivity contribution in [1.29, 1.82) is 0 Å². The monoisotopic (exact) mass is 394 g/mol. The molecule has 2 bridgehead atoms. The van der Waals surface area contributed by atoms with Crippen LogP contribution in [0.4, 0.5) is 5.69 Å². The fourth-order valence-corrected chi connectivity index (χ4v) is 5.49. The molecule has 0 aromatic heterocycles. The van der Waals surface area contributed by atoms with Crippen molar-refractivity contribution in [3.63, 3.8) is 0 Å². The number of carbonyl (C=O) groups excluding carboxylic acids is 4. The Morgan fingerprint density at radius 3 is 2.31 bits per heavy atom. The summed E-state index contributed by atoms with van der Waals surface area (Å²) < 4.78 is 5.01. The van der Waals surface area contributed by atoms with Crippen molar-refractivity contribution in [2.45, 2.75) is 13.3 Å². The van der Waals surface area contributed by atoms with Crippen molar-refractivity contribution < 1.29 is 23.9 Å². The molecule has 7 heteroatoms. The quantitative estimate of drug-likeness (QED) is 0.467. The molecule has 0 radical (unpaired) electrons. The summed E-state index contributed by atoms with van der Waals surface area (Å²) in [4.78, 5) is 51.8. The third-order valence-corrected chi connectivity index (χ3v) is 6.75. The molecule has 7 nitrogen and oxygen atoms in total. The van der Waals surface area contributed by atoms with Crippen LogP contribution in [-0.4, -0.2) is 41.7 Å². The zero-order valence-corrected chi connectivity index (χ0v) is 16.0. The molecule has 29 heavy (non-hydrogen) atoms. The Labute approximate surface area is 168 Å². The minimum absolute atomic E-state index is 0.129. The lowest BCUT2D eigenvalue weighted by atomic mass is 9.63. The number of nitrogens with one attached hydrogen (secondary N) is 1. The predicted molar refractivity (Wildman–Crippen MR) is 102 cm³/mol. The van der Waals surface area contributed by atoms with E-state index in [0.717, 1.165) is 11.3 Å². The average molecular weight is 394 g/mol. The van der Waals surface area contributed by atoms with E-state index in [1.807, 2.05) is 0 Å². The summed E-state index contributed by atoms with van der Waals surface area (Å²) >= 11 is 0. The highest BCUT2D eigenvalue weighted by atomic mass is 16.5. The first-order valence-electron chi connectivity index (χ1n) is 10.1. The molecule has 3 amide bonds. The molecular weight excluding hydrogens is 372 g/mol. The minimum Gasteiger partial charge on any atom is -0.462 e. The first-order chi connectivity index (χ1) is 14.0. The van der Waals surface area contributed by atoms with Crippen LogP contribution in [0.1, 0.15) is 23.7 Å². The van der Waals surface area contributed by atoms with Gasteiger partial charge in [-0.25, -0.2) is 4.79 Å². The molecule has 0 unspecified atom stereocenters. The van der Waals surface area contributed by atoms with Crippen molar-refractivity contribution >= 4 is 29.4 Å². The predicted octanol–water partition coefficient (Wildman–Crippen LogP) is 1.85. The fourth-order valence-electron chi connectivity index (χ4n) is 5.49. The molecule has 1 aliphatic heterocycles. The molecule has 1 aromatic rings. The van der Waals surface area contributed by atoms with Crippen molar-refractivity contribution in [1.82, 2.24) is 4.90 Å². The zero-order valence-electron chi connectivity index (χ0n) is 16.0. The summed E-state index contributed by atoms with van der Waals surface area (Å²) in [6, 6.07) is 6.52. The Kier molecular flexibility index (Phi) is 4.08. The molecule has 3 fully saturated rings. The number of rotatable bonds is 5. The maximum absolute atomic E-state index is 13.0. The van der Waals surface area contributed by atoms with Crippen LogP contribution in [0.25, 0.3) is 0 Å². The smallest absolute Gasteiger partial charge is 0.340 e. The summed E-state index contributed by atoms with van der Waals surface area (Å²) in [6.45, 7) is 1.59. The van der Waals surface area contributed by atoms with Gasteiger partial charge in [0, 0.05) is 0 Å². The Hall–Kier alpha value is -2.96. The fraction of sp³-hybridized carbons (Fsp3) is 0.455. The number of para-hydroxylation sites is 1. The van der Waals surface area contributed by atoms with Crippen LogP contribution < -0.4 is 5.32 Å². The maximum Gasteiger partial charge on any atom is 0.340 e. The summed E-state index contributed by atoms with van der Waals surface area (Å²) in [5, 5.41) is 2.65. The number of benzene rings is 1. The zero-order chi connectivity index (χ0) is 20.3. The van der Waals surface area contributed by atoms with Gasteiger partial charge in [0.1, 0.15) is 6.54 Å². The van der Waals surface area contributed by atoms with Crippen LogP contribution in [0.15, 0.2) is 36.4 Å². The molecule has 0 spiro atoms. The molecule has 1 aromatic carbocycles. The number of carbonyl (C=O) groups is 4. The lowest BCUT2D eigenvalue weighted by Gasteiger charge is -2.37. The second-order valence-corrected chi connectivity index (χ2v) is 8.23. The molecule has 1 N–H and O–H groups in total. The Morgan fingerprint density at radius 1 is 1.07 bits per heavy atom. The first-order valence-corrected chi connectivity index (χ1v) is 10.1. The van der Waals surface area contributed by atoms with Gasteiger partial charge in [0.05, 0.1) is 29.7 Å². The maximum atomic E-state index is 13.0. The van der Waals surface area contributed by atoms with E-state index in [0.29, 0.717) is 17.5 Å². The van der Waals surface area contributed by atoms with Gasteiger partial charge in [-0.3, -0.25) is 19.3 Å². The van der Waals surface area contributed by atoms with Crippen molar-refractivity contribution in [2.75, 3.05) is 18.5 Å². The molecule has 4 aliphatic carbocycles. The molecule has 2 saturated carbocycles. The van der Waals surface area contributed by atoms with E-state index >= 15 is 0 Å². The minimum atomic E-state index is -0.537. The van der Waals surface area contributed by atoms with Crippen LogP contribution in [0.3, 0.4) is 0 Å². The van der Waals surface area contributed by atoms with Crippen LogP contribution in [0, 0.1) is 35.5 Å². The second-order valence-electron chi connectivity index (χ2n) is 8.23. The van der Waals surface area contributed by atoms with E-state index in [4.69, 9.17) is 4.74 Å².